The van der Waals surface area contributed by atoms with Crippen molar-refractivity contribution in [3.8, 4) is 33.4 Å². The smallest absolute Gasteiger partial charge is 0.0517 e. The largest absolute Gasteiger partial charge is 0.0708 e. The van der Waals surface area contributed by atoms with Gasteiger partial charge >= 0.3 is 0 Å². The molecule has 204 valence electrons. The Labute approximate surface area is 255 Å². The molecule has 0 saturated heterocycles. The summed E-state index contributed by atoms with van der Waals surface area (Å²) < 4.78 is 0. The number of fused-ring (bicyclic) bond motifs is 4. The molecule has 8 aromatic carbocycles. The second-order valence-electron chi connectivity index (χ2n) is 11.7. The molecule has 0 fully saturated rings. The van der Waals surface area contributed by atoms with Crippen LogP contribution in [-0.4, -0.2) is 9.52 Å². The van der Waals surface area contributed by atoms with Crippen LogP contribution in [-0.2, 0) is 0 Å². The van der Waals surface area contributed by atoms with Gasteiger partial charge in [0.25, 0.3) is 0 Å². The molecular weight excluding hydrogens is 533 g/mol. The average molecular weight is 565 g/mol. The van der Waals surface area contributed by atoms with Gasteiger partial charge in [0.1, 0.15) is 0 Å². The van der Waals surface area contributed by atoms with E-state index in [1.807, 2.05) is 0 Å². The van der Waals surface area contributed by atoms with Crippen LogP contribution in [0.1, 0.15) is 5.56 Å². The summed E-state index contributed by atoms with van der Waals surface area (Å²) in [4.78, 5) is 0. The molecule has 0 spiro atoms. The first-order chi connectivity index (χ1) is 21.2. The van der Waals surface area contributed by atoms with Crippen LogP contribution < -0.4 is 5.19 Å². The van der Waals surface area contributed by atoms with Crippen molar-refractivity contribution in [1.29, 1.82) is 0 Å². The van der Waals surface area contributed by atoms with Gasteiger partial charge in [-0.1, -0.05) is 157 Å². The van der Waals surface area contributed by atoms with Crippen LogP contribution in [0.5, 0.6) is 0 Å². The lowest BCUT2D eigenvalue weighted by atomic mass is 9.84. The van der Waals surface area contributed by atoms with Gasteiger partial charge in [0.05, 0.1) is 9.52 Å². The van der Waals surface area contributed by atoms with Crippen molar-refractivity contribution < 1.29 is 0 Å². The van der Waals surface area contributed by atoms with Crippen LogP contribution in [0.15, 0.2) is 146 Å². The van der Waals surface area contributed by atoms with Crippen LogP contribution in [0, 0.1) is 6.92 Å². The predicted octanol–water partition coefficient (Wildman–Crippen LogP) is 10.5. The summed E-state index contributed by atoms with van der Waals surface area (Å²) in [6.45, 7) is 4.59. The van der Waals surface area contributed by atoms with E-state index in [4.69, 9.17) is 0 Å². The van der Waals surface area contributed by atoms with Crippen LogP contribution in [0.2, 0.25) is 6.55 Å². The summed E-state index contributed by atoms with van der Waals surface area (Å²) in [6.07, 6.45) is 0. The molecule has 0 unspecified atom stereocenters. The summed E-state index contributed by atoms with van der Waals surface area (Å²) in [6, 6.07) is 54.4. The van der Waals surface area contributed by atoms with E-state index in [1.165, 1.54) is 87.2 Å². The number of hydrogen-bond donors (Lipinski definition) is 0. The minimum absolute atomic E-state index is 0.318. The van der Waals surface area contributed by atoms with Crippen LogP contribution in [0.4, 0.5) is 0 Å². The van der Waals surface area contributed by atoms with E-state index in [2.05, 4.69) is 159 Å². The van der Waals surface area contributed by atoms with Gasteiger partial charge in [-0.05, 0) is 89.5 Å². The summed E-state index contributed by atoms with van der Waals surface area (Å²) in [5, 5.41) is 11.9. The molecule has 0 radical (unpaired) electrons. The molecule has 0 amide bonds. The molecule has 8 rings (SSSR count). The van der Waals surface area contributed by atoms with E-state index in [0.717, 1.165) is 0 Å². The fourth-order valence-electron chi connectivity index (χ4n) is 6.85. The number of benzene rings is 8. The molecule has 0 aliphatic carbocycles. The van der Waals surface area contributed by atoms with Gasteiger partial charge in [-0.25, -0.2) is 0 Å². The zero-order valence-corrected chi connectivity index (χ0v) is 26.0. The van der Waals surface area contributed by atoms with E-state index in [0.29, 0.717) is 0 Å². The van der Waals surface area contributed by atoms with Crippen molar-refractivity contribution in [3.05, 3.63) is 151 Å². The zero-order valence-electron chi connectivity index (χ0n) is 24.6. The van der Waals surface area contributed by atoms with Crippen molar-refractivity contribution >= 4 is 57.8 Å². The molecule has 8 aromatic rings. The van der Waals surface area contributed by atoms with Crippen molar-refractivity contribution in [2.24, 2.45) is 0 Å². The lowest BCUT2D eigenvalue weighted by Gasteiger charge is -2.20. The normalized spacial score (nSPS) is 11.9. The van der Waals surface area contributed by atoms with Gasteiger partial charge in [-0.15, -0.1) is 0 Å². The lowest BCUT2D eigenvalue weighted by molar-refractivity contribution is 1.51. The standard InChI is InChI=1S/C42H32Si/c1-27-14-22-37-39(24-27)42(36-13-7-11-30-9-5-6-12-35(30)36)38-23-21-34(43-2)26-40(38)41(37)31-18-15-29(16-19-31)33-20-17-28-8-3-4-10-32(28)25-33/h3-26H,43H2,1-2H3. The summed E-state index contributed by atoms with van der Waals surface area (Å²) in [7, 11) is -0.318. The number of aryl methyl sites for hydroxylation is 1. The van der Waals surface area contributed by atoms with Crippen molar-refractivity contribution in [2.75, 3.05) is 0 Å². The SMILES string of the molecule is C[SiH2]c1ccc2c(-c3cccc4ccccc34)c3cc(C)ccc3c(-c3ccc(-c4ccc5ccccc5c4)cc3)c2c1. The fraction of sp³-hybridized carbons (Fsp3) is 0.0476. The first-order valence-corrected chi connectivity index (χ1v) is 17.4. The summed E-state index contributed by atoms with van der Waals surface area (Å²) in [5.74, 6) is 0. The monoisotopic (exact) mass is 564 g/mol. The van der Waals surface area contributed by atoms with E-state index in [1.54, 1.807) is 0 Å². The summed E-state index contributed by atoms with van der Waals surface area (Å²) >= 11 is 0. The van der Waals surface area contributed by atoms with E-state index >= 15 is 0 Å². The third kappa shape index (κ3) is 4.36. The summed E-state index contributed by atoms with van der Waals surface area (Å²) in [5.41, 5.74) is 9.02. The van der Waals surface area contributed by atoms with E-state index < -0.39 is 0 Å². The Morgan fingerprint density at radius 1 is 0.395 bits per heavy atom. The maximum Gasteiger partial charge on any atom is 0.0517 e. The highest BCUT2D eigenvalue weighted by Gasteiger charge is 2.19. The quantitative estimate of drug-likeness (QED) is 0.147. The van der Waals surface area contributed by atoms with Crippen molar-refractivity contribution in [2.45, 2.75) is 13.5 Å². The molecule has 1 heteroatoms. The Kier molecular flexibility index (Phi) is 6.20. The molecule has 0 nitrogen and oxygen atoms in total. The third-order valence-corrected chi connectivity index (χ3v) is 10.3. The van der Waals surface area contributed by atoms with Gasteiger partial charge in [-0.2, -0.15) is 0 Å². The maximum absolute atomic E-state index is 2.49. The molecule has 0 saturated carbocycles. The third-order valence-electron chi connectivity index (χ3n) is 9.06. The Bertz CT molecular complexity index is 2320. The van der Waals surface area contributed by atoms with Crippen molar-refractivity contribution in [1.82, 2.24) is 0 Å². The maximum atomic E-state index is 2.49. The van der Waals surface area contributed by atoms with Gasteiger partial charge in [0.2, 0.25) is 0 Å². The second kappa shape index (κ2) is 10.4. The molecular formula is C42H32Si. The highest BCUT2D eigenvalue weighted by Crippen LogP contribution is 2.45. The van der Waals surface area contributed by atoms with E-state index in [-0.39, 0.29) is 9.52 Å². The van der Waals surface area contributed by atoms with Gasteiger partial charge < -0.3 is 0 Å². The molecule has 0 heterocycles. The molecule has 0 bridgehead atoms. The van der Waals surface area contributed by atoms with Gasteiger partial charge in [0.15, 0.2) is 0 Å². The Hall–Kier alpha value is -4.98. The van der Waals surface area contributed by atoms with Gasteiger partial charge in [0, 0.05) is 0 Å². The minimum Gasteiger partial charge on any atom is -0.0708 e. The Morgan fingerprint density at radius 2 is 1.05 bits per heavy atom. The Balaban J connectivity index is 1.40. The molecule has 43 heavy (non-hydrogen) atoms. The lowest BCUT2D eigenvalue weighted by Crippen LogP contribution is -2.09. The topological polar surface area (TPSA) is 0 Å². The number of rotatable bonds is 4. The van der Waals surface area contributed by atoms with Gasteiger partial charge in [-0.3, -0.25) is 0 Å². The molecule has 0 atom stereocenters. The first-order valence-electron chi connectivity index (χ1n) is 15.2. The van der Waals surface area contributed by atoms with Crippen molar-refractivity contribution in [3.63, 3.8) is 0 Å². The highest BCUT2D eigenvalue weighted by atomic mass is 28.2. The molecule has 0 N–H and O–H groups in total. The van der Waals surface area contributed by atoms with Crippen LogP contribution >= 0.6 is 0 Å². The fourth-order valence-corrected chi connectivity index (χ4v) is 7.61. The number of hydrogen-bond acceptors (Lipinski definition) is 0. The van der Waals surface area contributed by atoms with Crippen LogP contribution in [0.25, 0.3) is 76.5 Å². The second-order valence-corrected chi connectivity index (χ2v) is 13.2. The highest BCUT2D eigenvalue weighted by molar-refractivity contribution is 6.52. The average Bonchev–Trinajstić information content (AvgIpc) is 3.06. The minimum atomic E-state index is -0.318. The molecule has 0 aliphatic rings. The molecule has 0 aromatic heterocycles. The first kappa shape index (κ1) is 25.7. The Morgan fingerprint density at radius 3 is 1.88 bits per heavy atom. The zero-order chi connectivity index (χ0) is 28.9. The van der Waals surface area contributed by atoms with E-state index in [9.17, 15) is 0 Å². The van der Waals surface area contributed by atoms with Crippen LogP contribution in [0.3, 0.4) is 0 Å². The molecule has 0 aliphatic heterocycles. The predicted molar refractivity (Wildman–Crippen MR) is 192 cm³/mol.